The van der Waals surface area contributed by atoms with Crippen molar-refractivity contribution in [3.8, 4) is 5.75 Å². The third kappa shape index (κ3) is 4.94. The minimum Gasteiger partial charge on any atom is -0.508 e. The number of rotatable bonds is 5. The molecule has 1 aliphatic heterocycles. The number of morpholine rings is 1. The minimum atomic E-state index is -0.601. The van der Waals surface area contributed by atoms with Gasteiger partial charge in [-0.15, -0.1) is 0 Å². The Morgan fingerprint density at radius 2 is 1.96 bits per heavy atom. The molecule has 0 aromatic heterocycles. The molecule has 0 unspecified atom stereocenters. The second kappa shape index (κ2) is 7.94. The Morgan fingerprint density at radius 1 is 1.30 bits per heavy atom. The molecule has 0 aliphatic carbocycles. The zero-order valence-electron chi connectivity index (χ0n) is 13.4. The number of benzene rings is 1. The van der Waals surface area contributed by atoms with Gasteiger partial charge in [-0.1, -0.05) is 0 Å². The minimum absolute atomic E-state index is 0.0653. The molecule has 2 N–H and O–H groups in total. The maximum Gasteiger partial charge on any atom is 0.338 e. The van der Waals surface area contributed by atoms with Crippen LogP contribution in [0.1, 0.15) is 27.6 Å². The monoisotopic (exact) mass is 322 g/mol. The molecule has 23 heavy (non-hydrogen) atoms. The summed E-state index contributed by atoms with van der Waals surface area (Å²) in [5.74, 6) is -1.10. The smallest absolute Gasteiger partial charge is 0.338 e. The average Bonchev–Trinajstić information content (AvgIpc) is 2.54. The van der Waals surface area contributed by atoms with Gasteiger partial charge in [0.25, 0.3) is 5.91 Å². The molecule has 1 aromatic carbocycles. The highest BCUT2D eigenvalue weighted by Crippen LogP contribution is 2.16. The summed E-state index contributed by atoms with van der Waals surface area (Å²) >= 11 is 0. The number of amides is 1. The Bertz CT molecular complexity index is 570. The number of phenolic OH excluding ortho intramolecular Hbond substituents is 1. The molecule has 0 spiro atoms. The third-order valence-corrected chi connectivity index (χ3v) is 3.61. The largest absolute Gasteiger partial charge is 0.508 e. The lowest BCUT2D eigenvalue weighted by atomic mass is 10.1. The van der Waals surface area contributed by atoms with Crippen molar-refractivity contribution >= 4 is 11.9 Å². The van der Waals surface area contributed by atoms with E-state index >= 15 is 0 Å². The van der Waals surface area contributed by atoms with Gasteiger partial charge in [0.15, 0.2) is 0 Å². The van der Waals surface area contributed by atoms with Crippen molar-refractivity contribution < 1.29 is 24.2 Å². The molecule has 0 saturated carbocycles. The topological polar surface area (TPSA) is 88.1 Å². The predicted octanol–water partition coefficient (Wildman–Crippen LogP) is 0.629. The fourth-order valence-electron chi connectivity index (χ4n) is 2.50. The Labute approximate surface area is 135 Å². The summed E-state index contributed by atoms with van der Waals surface area (Å²) < 4.78 is 9.90. The van der Waals surface area contributed by atoms with Gasteiger partial charge in [0.1, 0.15) is 5.75 Å². The Balaban J connectivity index is 1.99. The SMILES string of the molecule is COC(=O)c1cc(O)cc(C(=O)N[C@H](C)CN2CCOCC2)c1. The molecular weight excluding hydrogens is 300 g/mol. The molecular formula is C16H22N2O5. The fraction of sp³-hybridized carbons (Fsp3) is 0.500. The Hall–Kier alpha value is -2.12. The van der Waals surface area contributed by atoms with E-state index in [0.29, 0.717) is 13.2 Å². The molecule has 0 radical (unpaired) electrons. The molecule has 1 saturated heterocycles. The zero-order chi connectivity index (χ0) is 16.8. The lowest BCUT2D eigenvalue weighted by Crippen LogP contribution is -2.46. The van der Waals surface area contributed by atoms with Gasteiger partial charge in [0.2, 0.25) is 0 Å². The molecule has 7 heteroatoms. The number of esters is 1. The molecule has 1 aliphatic rings. The molecule has 1 fully saturated rings. The van der Waals surface area contributed by atoms with Gasteiger partial charge in [-0.2, -0.15) is 0 Å². The second-order valence-corrected chi connectivity index (χ2v) is 5.55. The predicted molar refractivity (Wildman–Crippen MR) is 83.6 cm³/mol. The van der Waals surface area contributed by atoms with E-state index < -0.39 is 5.97 Å². The van der Waals surface area contributed by atoms with Crippen LogP contribution in [0.2, 0.25) is 0 Å². The Morgan fingerprint density at radius 3 is 2.61 bits per heavy atom. The number of hydrogen-bond donors (Lipinski definition) is 2. The highest BCUT2D eigenvalue weighted by molar-refractivity contribution is 5.98. The summed E-state index contributed by atoms with van der Waals surface area (Å²) in [6, 6.07) is 3.93. The second-order valence-electron chi connectivity index (χ2n) is 5.55. The van der Waals surface area contributed by atoms with Crippen molar-refractivity contribution in [1.29, 1.82) is 0 Å². The standard InChI is InChI=1S/C16H22N2O5/c1-11(10-18-3-5-23-6-4-18)17-15(20)12-7-13(16(21)22-2)9-14(19)8-12/h7-9,11,19H,3-6,10H2,1-2H3,(H,17,20)/t11-/m1/s1. The highest BCUT2D eigenvalue weighted by atomic mass is 16.5. The molecule has 1 aromatic rings. The summed E-state index contributed by atoms with van der Waals surface area (Å²) in [6.07, 6.45) is 0. The number of methoxy groups -OCH3 is 1. The first-order valence-corrected chi connectivity index (χ1v) is 7.53. The van der Waals surface area contributed by atoms with Crippen LogP contribution in [0.3, 0.4) is 0 Å². The normalized spacial score (nSPS) is 16.6. The summed E-state index contributed by atoms with van der Waals surface area (Å²) in [5, 5.41) is 12.5. The van der Waals surface area contributed by atoms with Crippen molar-refractivity contribution in [3.63, 3.8) is 0 Å². The molecule has 0 bridgehead atoms. The van der Waals surface area contributed by atoms with Crippen LogP contribution in [0.4, 0.5) is 0 Å². The molecule has 1 atom stereocenters. The van der Waals surface area contributed by atoms with E-state index in [1.807, 2.05) is 6.92 Å². The van der Waals surface area contributed by atoms with Crippen molar-refractivity contribution in [1.82, 2.24) is 10.2 Å². The van der Waals surface area contributed by atoms with Crippen molar-refractivity contribution in [2.45, 2.75) is 13.0 Å². The van der Waals surface area contributed by atoms with E-state index in [-0.39, 0.29) is 28.8 Å². The van der Waals surface area contributed by atoms with Crippen LogP contribution in [0.5, 0.6) is 5.75 Å². The van der Waals surface area contributed by atoms with E-state index in [0.717, 1.165) is 19.6 Å². The molecule has 126 valence electrons. The van der Waals surface area contributed by atoms with Gasteiger partial charge in [0.05, 0.1) is 25.9 Å². The summed E-state index contributed by atoms with van der Waals surface area (Å²) in [6.45, 7) is 5.73. The molecule has 1 amide bonds. The van der Waals surface area contributed by atoms with Crippen molar-refractivity contribution in [2.75, 3.05) is 40.0 Å². The van der Waals surface area contributed by atoms with Gasteiger partial charge in [-0.3, -0.25) is 9.69 Å². The van der Waals surface area contributed by atoms with Gasteiger partial charge in [0, 0.05) is 31.2 Å². The van der Waals surface area contributed by atoms with E-state index in [1.165, 1.54) is 25.3 Å². The average molecular weight is 322 g/mol. The number of hydrogen-bond acceptors (Lipinski definition) is 6. The van der Waals surface area contributed by atoms with Crippen LogP contribution in [0.15, 0.2) is 18.2 Å². The van der Waals surface area contributed by atoms with Gasteiger partial charge in [-0.25, -0.2) is 4.79 Å². The van der Waals surface area contributed by atoms with E-state index in [4.69, 9.17) is 4.74 Å². The first-order valence-electron chi connectivity index (χ1n) is 7.53. The molecule has 7 nitrogen and oxygen atoms in total. The van der Waals surface area contributed by atoms with Crippen LogP contribution >= 0.6 is 0 Å². The molecule has 2 rings (SSSR count). The van der Waals surface area contributed by atoms with Crippen molar-refractivity contribution in [2.24, 2.45) is 0 Å². The first-order chi connectivity index (χ1) is 11.0. The van der Waals surface area contributed by atoms with Crippen LogP contribution in [-0.2, 0) is 9.47 Å². The molecule has 1 heterocycles. The van der Waals surface area contributed by atoms with Gasteiger partial charge < -0.3 is 19.9 Å². The van der Waals surface area contributed by atoms with Gasteiger partial charge >= 0.3 is 5.97 Å². The third-order valence-electron chi connectivity index (χ3n) is 3.61. The first kappa shape index (κ1) is 17.2. The van der Waals surface area contributed by atoms with Crippen LogP contribution in [0.25, 0.3) is 0 Å². The van der Waals surface area contributed by atoms with Crippen LogP contribution in [-0.4, -0.2) is 67.9 Å². The van der Waals surface area contributed by atoms with E-state index in [1.54, 1.807) is 0 Å². The number of phenols is 1. The summed E-state index contributed by atoms with van der Waals surface area (Å²) in [4.78, 5) is 26.1. The fourth-order valence-corrected chi connectivity index (χ4v) is 2.50. The zero-order valence-corrected chi connectivity index (χ0v) is 13.4. The summed E-state index contributed by atoms with van der Waals surface area (Å²) in [5.41, 5.74) is 0.359. The van der Waals surface area contributed by atoms with E-state index in [2.05, 4.69) is 15.0 Å². The lowest BCUT2D eigenvalue weighted by Gasteiger charge is -2.29. The maximum atomic E-state index is 12.3. The summed E-state index contributed by atoms with van der Waals surface area (Å²) in [7, 11) is 1.25. The number of carbonyl (C=O) groups is 2. The maximum absolute atomic E-state index is 12.3. The number of carbonyl (C=O) groups excluding carboxylic acids is 2. The Kier molecular flexibility index (Phi) is 5.95. The highest BCUT2D eigenvalue weighted by Gasteiger charge is 2.17. The number of nitrogens with one attached hydrogen (secondary N) is 1. The number of aromatic hydroxyl groups is 1. The van der Waals surface area contributed by atoms with Crippen molar-refractivity contribution in [3.05, 3.63) is 29.3 Å². The van der Waals surface area contributed by atoms with Crippen LogP contribution in [0, 0.1) is 0 Å². The number of ether oxygens (including phenoxy) is 2. The quantitative estimate of drug-likeness (QED) is 0.773. The van der Waals surface area contributed by atoms with Gasteiger partial charge in [-0.05, 0) is 25.1 Å². The number of nitrogens with zero attached hydrogens (tertiary/aromatic N) is 1. The lowest BCUT2D eigenvalue weighted by molar-refractivity contribution is 0.0342. The van der Waals surface area contributed by atoms with Crippen LogP contribution < -0.4 is 5.32 Å². The van der Waals surface area contributed by atoms with E-state index in [9.17, 15) is 14.7 Å².